The highest BCUT2D eigenvalue weighted by atomic mass is 16.2. The monoisotopic (exact) mass is 399 g/mol. The maximum Gasteiger partial charge on any atom is 0.273 e. The van der Waals surface area contributed by atoms with Crippen LogP contribution in [0.1, 0.15) is 37.2 Å². The Morgan fingerprint density at radius 3 is 2.86 bits per heavy atom. The molecule has 1 saturated heterocycles. The van der Waals surface area contributed by atoms with Crippen LogP contribution in [0.4, 0.5) is 17.5 Å². The van der Waals surface area contributed by atoms with E-state index in [-0.39, 0.29) is 29.5 Å². The molecule has 0 saturated carbocycles. The minimum absolute atomic E-state index is 0.0563. The normalized spacial score (nSPS) is 18.9. The quantitative estimate of drug-likeness (QED) is 0.574. The molecule has 154 valence electrons. The van der Waals surface area contributed by atoms with Crippen molar-refractivity contribution < 1.29 is 9.59 Å². The number of primary amides is 1. The molecule has 2 aromatic rings. The molecule has 0 spiro atoms. The van der Waals surface area contributed by atoms with Crippen LogP contribution in [-0.2, 0) is 11.3 Å². The van der Waals surface area contributed by atoms with E-state index in [0.717, 1.165) is 12.8 Å². The highest BCUT2D eigenvalue weighted by Gasteiger charge is 2.31. The SMILES string of the molecule is C=CC(=O)N[C@@H]1CCCN(c2nnc(C(N)=O)c(Nc3cnn(CC)c3)n2)[C@@H]1C. The topological polar surface area (TPSA) is 144 Å². The number of amides is 2. The molecule has 3 rings (SSSR count). The Morgan fingerprint density at radius 2 is 2.21 bits per heavy atom. The van der Waals surface area contributed by atoms with E-state index in [4.69, 9.17) is 5.73 Å². The molecule has 3 heterocycles. The third kappa shape index (κ3) is 4.50. The predicted octanol–water partition coefficient (Wildman–Crippen LogP) is 0.590. The lowest BCUT2D eigenvalue weighted by atomic mass is 9.97. The molecule has 0 bridgehead atoms. The number of hydrogen-bond acceptors (Lipinski definition) is 8. The fourth-order valence-corrected chi connectivity index (χ4v) is 3.29. The zero-order chi connectivity index (χ0) is 21.0. The summed E-state index contributed by atoms with van der Waals surface area (Å²) < 4.78 is 1.74. The summed E-state index contributed by atoms with van der Waals surface area (Å²) in [6.45, 7) is 8.86. The predicted molar refractivity (Wildman–Crippen MR) is 108 cm³/mol. The van der Waals surface area contributed by atoms with Gasteiger partial charge in [-0.2, -0.15) is 10.1 Å². The van der Waals surface area contributed by atoms with E-state index < -0.39 is 5.91 Å². The Hall–Kier alpha value is -3.50. The summed E-state index contributed by atoms with van der Waals surface area (Å²) in [5, 5.41) is 18.3. The lowest BCUT2D eigenvalue weighted by molar-refractivity contribution is -0.117. The highest BCUT2D eigenvalue weighted by Crippen LogP contribution is 2.24. The minimum atomic E-state index is -0.732. The third-order valence-electron chi connectivity index (χ3n) is 4.89. The van der Waals surface area contributed by atoms with Crippen molar-refractivity contribution in [2.24, 2.45) is 5.73 Å². The van der Waals surface area contributed by atoms with Crippen molar-refractivity contribution >= 4 is 29.3 Å². The van der Waals surface area contributed by atoms with Crippen molar-refractivity contribution in [3.63, 3.8) is 0 Å². The van der Waals surface area contributed by atoms with Gasteiger partial charge in [-0.15, -0.1) is 10.2 Å². The van der Waals surface area contributed by atoms with Gasteiger partial charge in [-0.1, -0.05) is 6.58 Å². The molecule has 0 radical (unpaired) electrons. The van der Waals surface area contributed by atoms with Gasteiger partial charge in [-0.25, -0.2) is 0 Å². The van der Waals surface area contributed by atoms with Gasteiger partial charge in [-0.3, -0.25) is 14.3 Å². The van der Waals surface area contributed by atoms with E-state index >= 15 is 0 Å². The van der Waals surface area contributed by atoms with E-state index in [1.54, 1.807) is 17.1 Å². The number of anilines is 3. The van der Waals surface area contributed by atoms with Crippen LogP contribution in [0, 0.1) is 0 Å². The van der Waals surface area contributed by atoms with Crippen LogP contribution < -0.4 is 21.3 Å². The Labute approximate surface area is 168 Å². The summed E-state index contributed by atoms with van der Waals surface area (Å²) in [5.41, 5.74) is 6.03. The van der Waals surface area contributed by atoms with E-state index in [2.05, 4.69) is 37.5 Å². The number of carbonyl (C=O) groups excluding carboxylic acids is 2. The molecule has 0 unspecified atom stereocenters. The van der Waals surface area contributed by atoms with Gasteiger partial charge < -0.3 is 21.3 Å². The van der Waals surface area contributed by atoms with Gasteiger partial charge in [0.05, 0.1) is 11.9 Å². The average molecular weight is 399 g/mol. The first-order valence-corrected chi connectivity index (χ1v) is 9.46. The first-order chi connectivity index (χ1) is 13.9. The van der Waals surface area contributed by atoms with Crippen molar-refractivity contribution in [2.75, 3.05) is 16.8 Å². The summed E-state index contributed by atoms with van der Waals surface area (Å²) in [5.74, 6) is -0.389. The van der Waals surface area contributed by atoms with E-state index in [0.29, 0.717) is 24.7 Å². The smallest absolute Gasteiger partial charge is 0.273 e. The van der Waals surface area contributed by atoms with E-state index in [1.807, 2.05) is 18.7 Å². The number of aryl methyl sites for hydroxylation is 1. The second-order valence-corrected chi connectivity index (χ2v) is 6.78. The van der Waals surface area contributed by atoms with Crippen LogP contribution >= 0.6 is 0 Å². The molecule has 2 atom stereocenters. The molecular weight excluding hydrogens is 374 g/mol. The van der Waals surface area contributed by atoms with Crippen LogP contribution in [-0.4, -0.2) is 55.4 Å². The standard InChI is InChI=1S/C18H25N9O2/c1-4-14(28)22-13-7-6-8-27(11(13)3)18-23-17(15(16(19)29)24-25-18)21-12-9-20-26(5-2)10-12/h4,9-11,13H,1,5-8H2,2-3H3,(H2,19,29)(H,22,28)(H,21,23,25)/t11-,13-/m1/s1. The number of rotatable bonds is 7. The molecule has 2 aromatic heterocycles. The van der Waals surface area contributed by atoms with Crippen LogP contribution in [0.25, 0.3) is 0 Å². The minimum Gasteiger partial charge on any atom is -0.364 e. The summed E-state index contributed by atoms with van der Waals surface area (Å²) in [7, 11) is 0. The first-order valence-electron chi connectivity index (χ1n) is 9.46. The molecule has 11 heteroatoms. The number of hydrogen-bond donors (Lipinski definition) is 3. The molecule has 1 aliphatic heterocycles. The van der Waals surface area contributed by atoms with Crippen molar-refractivity contribution in [3.8, 4) is 0 Å². The maximum atomic E-state index is 11.8. The molecule has 2 amide bonds. The van der Waals surface area contributed by atoms with Gasteiger partial charge in [0, 0.05) is 31.4 Å². The van der Waals surface area contributed by atoms with Gasteiger partial charge in [-0.05, 0) is 32.8 Å². The molecule has 1 fully saturated rings. The summed E-state index contributed by atoms with van der Waals surface area (Å²) in [4.78, 5) is 29.9. The molecule has 4 N–H and O–H groups in total. The Morgan fingerprint density at radius 1 is 1.41 bits per heavy atom. The molecule has 0 aromatic carbocycles. The van der Waals surface area contributed by atoms with Gasteiger partial charge >= 0.3 is 0 Å². The van der Waals surface area contributed by atoms with Crippen molar-refractivity contribution in [2.45, 2.75) is 45.3 Å². The number of piperidine rings is 1. The van der Waals surface area contributed by atoms with Crippen molar-refractivity contribution in [3.05, 3.63) is 30.7 Å². The zero-order valence-electron chi connectivity index (χ0n) is 16.5. The fourth-order valence-electron chi connectivity index (χ4n) is 3.29. The molecule has 1 aliphatic rings. The third-order valence-corrected chi connectivity index (χ3v) is 4.89. The first kappa shape index (κ1) is 20.2. The summed E-state index contributed by atoms with van der Waals surface area (Å²) >= 11 is 0. The lowest BCUT2D eigenvalue weighted by Gasteiger charge is -2.39. The zero-order valence-corrected chi connectivity index (χ0v) is 16.5. The van der Waals surface area contributed by atoms with Crippen LogP contribution in [0.15, 0.2) is 25.0 Å². The Bertz CT molecular complexity index is 910. The van der Waals surface area contributed by atoms with Gasteiger partial charge in [0.2, 0.25) is 11.9 Å². The van der Waals surface area contributed by atoms with Crippen LogP contribution in [0.5, 0.6) is 0 Å². The number of nitrogens with one attached hydrogen (secondary N) is 2. The molecule has 29 heavy (non-hydrogen) atoms. The van der Waals surface area contributed by atoms with E-state index in [1.165, 1.54) is 6.08 Å². The summed E-state index contributed by atoms with van der Waals surface area (Å²) in [6.07, 6.45) is 6.35. The molecular formula is C18H25N9O2. The number of carbonyl (C=O) groups is 2. The second-order valence-electron chi connectivity index (χ2n) is 6.78. The largest absolute Gasteiger partial charge is 0.364 e. The Kier molecular flexibility index (Phi) is 6.05. The van der Waals surface area contributed by atoms with Crippen LogP contribution in [0.3, 0.4) is 0 Å². The Balaban J connectivity index is 1.88. The number of aromatic nitrogens is 5. The van der Waals surface area contributed by atoms with Gasteiger partial charge in [0.15, 0.2) is 11.5 Å². The highest BCUT2D eigenvalue weighted by molar-refractivity contribution is 5.96. The van der Waals surface area contributed by atoms with Crippen LogP contribution in [0.2, 0.25) is 0 Å². The fraction of sp³-hybridized carbons (Fsp3) is 0.444. The number of nitrogens with zero attached hydrogens (tertiary/aromatic N) is 6. The van der Waals surface area contributed by atoms with E-state index in [9.17, 15) is 9.59 Å². The van der Waals surface area contributed by atoms with Gasteiger partial charge in [0.25, 0.3) is 5.91 Å². The summed E-state index contributed by atoms with van der Waals surface area (Å²) in [6, 6.07) is -0.141. The lowest BCUT2D eigenvalue weighted by Crippen LogP contribution is -2.54. The van der Waals surface area contributed by atoms with Gasteiger partial charge in [0.1, 0.15) is 0 Å². The van der Waals surface area contributed by atoms with Crippen molar-refractivity contribution in [1.82, 2.24) is 30.3 Å². The van der Waals surface area contributed by atoms with Crippen molar-refractivity contribution in [1.29, 1.82) is 0 Å². The second kappa shape index (κ2) is 8.67. The maximum absolute atomic E-state index is 11.8. The molecule has 11 nitrogen and oxygen atoms in total. The number of nitrogens with two attached hydrogens (primary N) is 1. The molecule has 0 aliphatic carbocycles. The average Bonchev–Trinajstić information content (AvgIpc) is 3.16.